The Morgan fingerprint density at radius 2 is 2.29 bits per heavy atom. The van der Waals surface area contributed by atoms with Crippen molar-refractivity contribution in [1.29, 1.82) is 0 Å². The Balaban J connectivity index is 3.36. The molecule has 0 spiro atoms. The lowest BCUT2D eigenvalue weighted by Crippen LogP contribution is -2.03. The summed E-state index contributed by atoms with van der Waals surface area (Å²) in [6.45, 7) is -1.02. The van der Waals surface area contributed by atoms with E-state index in [9.17, 15) is 9.46 Å². The van der Waals surface area contributed by atoms with Crippen LogP contribution in [0.25, 0.3) is 0 Å². The lowest BCUT2D eigenvalue weighted by molar-refractivity contribution is -0.225. The van der Waals surface area contributed by atoms with Gasteiger partial charge in [0.15, 0.2) is 6.79 Å². The third kappa shape index (κ3) is 6.07. The molecule has 0 aliphatic carbocycles. The molecule has 6 heteroatoms. The lowest BCUT2D eigenvalue weighted by Gasteiger charge is -2.11. The fourth-order valence-electron chi connectivity index (χ4n) is 0.0730. The zero-order valence-electron chi connectivity index (χ0n) is 3.27. The Hall–Kier alpha value is 0.0700. The van der Waals surface area contributed by atoms with Crippen LogP contribution in [0.5, 0.6) is 0 Å². The molecule has 0 aromatic carbocycles. The molecule has 0 aliphatic heterocycles. The maximum Gasteiger partial charge on any atom is 0.267 e. The zero-order chi connectivity index (χ0) is 5.91. The summed E-state index contributed by atoms with van der Waals surface area (Å²) < 4.78 is 12.8. The van der Waals surface area contributed by atoms with Gasteiger partial charge in [-0.15, -0.1) is 0 Å². The molecule has 0 aromatic heterocycles. The molecule has 0 aliphatic rings. The summed E-state index contributed by atoms with van der Waals surface area (Å²) in [6.07, 6.45) is 0. The molecule has 5 nitrogen and oxygen atoms in total. The molecular weight excluding hydrogens is 123 g/mol. The third-order valence-corrected chi connectivity index (χ3v) is 0.663. The zero-order valence-corrected chi connectivity index (χ0v) is 4.17. The van der Waals surface area contributed by atoms with E-state index in [1.165, 1.54) is 0 Å². The summed E-state index contributed by atoms with van der Waals surface area (Å²) in [7, 11) is -4.67. The van der Waals surface area contributed by atoms with Gasteiger partial charge in [0.1, 0.15) is 0 Å². The van der Waals surface area contributed by atoms with Crippen molar-refractivity contribution < 1.29 is 24.0 Å². The van der Waals surface area contributed by atoms with Gasteiger partial charge in [-0.2, -0.15) is 0 Å². The van der Waals surface area contributed by atoms with Crippen LogP contribution < -0.4 is 4.89 Å². The standard InChI is InChI=1S/CH5O5P/c2-1-6-7(3,4)5/h2H,1H2,(H2,3,4,5)/p-1. The molecule has 0 heterocycles. The van der Waals surface area contributed by atoms with Gasteiger partial charge in [0.25, 0.3) is 7.82 Å². The SMILES string of the molecule is O=P([O-])(O)OCO. The minimum Gasteiger partial charge on any atom is -0.756 e. The fraction of sp³-hybridized carbons (Fsp3) is 1.00. The number of phosphoric ester groups is 1. The van der Waals surface area contributed by atoms with E-state index in [0.29, 0.717) is 0 Å². The largest absolute Gasteiger partial charge is 0.756 e. The van der Waals surface area contributed by atoms with Gasteiger partial charge in [0.05, 0.1) is 0 Å². The smallest absolute Gasteiger partial charge is 0.267 e. The van der Waals surface area contributed by atoms with Crippen molar-refractivity contribution >= 4 is 7.82 Å². The minimum atomic E-state index is -4.67. The second-order valence-electron chi connectivity index (χ2n) is 0.727. The van der Waals surface area contributed by atoms with Gasteiger partial charge in [-0.1, -0.05) is 0 Å². The molecule has 1 unspecified atom stereocenters. The summed E-state index contributed by atoms with van der Waals surface area (Å²) in [5.41, 5.74) is 0. The van der Waals surface area contributed by atoms with Gasteiger partial charge < -0.3 is 14.9 Å². The molecule has 0 saturated heterocycles. The van der Waals surface area contributed by atoms with Crippen molar-refractivity contribution in [1.82, 2.24) is 0 Å². The van der Waals surface area contributed by atoms with Crippen molar-refractivity contribution in [2.24, 2.45) is 0 Å². The summed E-state index contributed by atoms with van der Waals surface area (Å²) in [5.74, 6) is 0. The highest BCUT2D eigenvalue weighted by molar-refractivity contribution is 7.44. The van der Waals surface area contributed by atoms with E-state index in [4.69, 9.17) is 10.00 Å². The number of phosphoric acid groups is 1. The number of hydrogen-bond donors (Lipinski definition) is 2. The molecule has 2 N–H and O–H groups in total. The first-order valence-corrected chi connectivity index (χ1v) is 2.85. The molecule has 0 amide bonds. The molecule has 7 heavy (non-hydrogen) atoms. The van der Waals surface area contributed by atoms with Crippen LogP contribution in [0.15, 0.2) is 0 Å². The average Bonchev–Trinajstić information content (AvgIpc) is 1.30. The van der Waals surface area contributed by atoms with E-state index >= 15 is 0 Å². The van der Waals surface area contributed by atoms with E-state index in [0.717, 1.165) is 0 Å². The van der Waals surface area contributed by atoms with Gasteiger partial charge in [0, 0.05) is 0 Å². The highest BCUT2D eigenvalue weighted by atomic mass is 31.2. The predicted molar refractivity (Wildman–Crippen MR) is 18.0 cm³/mol. The molecule has 0 saturated carbocycles. The minimum absolute atomic E-state index is 1.02. The van der Waals surface area contributed by atoms with E-state index < -0.39 is 14.6 Å². The van der Waals surface area contributed by atoms with Crippen LogP contribution in [-0.2, 0) is 9.09 Å². The van der Waals surface area contributed by atoms with Gasteiger partial charge in [-0.05, 0) is 0 Å². The molecule has 0 radical (unpaired) electrons. The van der Waals surface area contributed by atoms with Crippen LogP contribution in [0.3, 0.4) is 0 Å². The third-order valence-electron chi connectivity index (χ3n) is 0.221. The van der Waals surface area contributed by atoms with Gasteiger partial charge >= 0.3 is 0 Å². The van der Waals surface area contributed by atoms with E-state index in [-0.39, 0.29) is 0 Å². The lowest BCUT2D eigenvalue weighted by atomic mass is 11.6. The normalized spacial score (nSPS) is 18.7. The van der Waals surface area contributed by atoms with E-state index in [1.54, 1.807) is 0 Å². The van der Waals surface area contributed by atoms with Crippen molar-refractivity contribution in [3.63, 3.8) is 0 Å². The Bertz CT molecular complexity index is 82.1. The van der Waals surface area contributed by atoms with Gasteiger partial charge in [-0.3, -0.25) is 9.09 Å². The number of aliphatic hydroxyl groups excluding tert-OH is 1. The Morgan fingerprint density at radius 3 is 2.29 bits per heavy atom. The van der Waals surface area contributed by atoms with Crippen LogP contribution >= 0.6 is 7.82 Å². The summed E-state index contributed by atoms with van der Waals surface area (Å²) >= 11 is 0. The van der Waals surface area contributed by atoms with Gasteiger partial charge in [0.2, 0.25) is 0 Å². The van der Waals surface area contributed by atoms with E-state index in [1.807, 2.05) is 0 Å². The first-order valence-electron chi connectivity index (χ1n) is 1.35. The van der Waals surface area contributed by atoms with Crippen molar-refractivity contribution in [3.05, 3.63) is 0 Å². The monoisotopic (exact) mass is 127 g/mol. The van der Waals surface area contributed by atoms with Crippen LogP contribution in [0.1, 0.15) is 0 Å². The van der Waals surface area contributed by atoms with Crippen molar-refractivity contribution in [2.75, 3.05) is 6.79 Å². The van der Waals surface area contributed by atoms with Gasteiger partial charge in [-0.25, -0.2) is 0 Å². The molecule has 0 bridgehead atoms. The second-order valence-corrected chi connectivity index (χ2v) is 1.92. The molecule has 0 aromatic rings. The second kappa shape index (κ2) is 2.40. The summed E-state index contributed by atoms with van der Waals surface area (Å²) in [6, 6.07) is 0. The Labute approximate surface area is 39.8 Å². The van der Waals surface area contributed by atoms with Crippen LogP contribution in [0, 0.1) is 0 Å². The topological polar surface area (TPSA) is 89.8 Å². The predicted octanol–water partition coefficient (Wildman–Crippen LogP) is -1.59. The quantitative estimate of drug-likeness (QED) is 0.345. The van der Waals surface area contributed by atoms with Crippen LogP contribution in [0.2, 0.25) is 0 Å². The Morgan fingerprint density at radius 1 is 1.86 bits per heavy atom. The number of aliphatic hydroxyl groups is 1. The first kappa shape index (κ1) is 7.07. The van der Waals surface area contributed by atoms with E-state index in [2.05, 4.69) is 4.52 Å². The van der Waals surface area contributed by atoms with Crippen LogP contribution in [-0.4, -0.2) is 16.8 Å². The molecule has 0 fully saturated rings. The van der Waals surface area contributed by atoms with Crippen LogP contribution in [0.4, 0.5) is 0 Å². The fourth-order valence-corrected chi connectivity index (χ4v) is 0.219. The number of rotatable bonds is 2. The maximum absolute atomic E-state index is 9.43. The molecule has 44 valence electrons. The molecule has 0 rings (SSSR count). The maximum atomic E-state index is 9.43. The average molecular weight is 127 g/mol. The van der Waals surface area contributed by atoms with Crippen molar-refractivity contribution in [3.8, 4) is 0 Å². The number of hydrogen-bond acceptors (Lipinski definition) is 4. The highest BCUT2D eigenvalue weighted by Crippen LogP contribution is 2.28. The Kier molecular flexibility index (Phi) is 2.42. The summed E-state index contributed by atoms with van der Waals surface area (Å²) in [4.78, 5) is 17.1. The first-order chi connectivity index (χ1) is 3.06. The molecular formula is CH4O5P-. The highest BCUT2D eigenvalue weighted by Gasteiger charge is 1.96. The summed E-state index contributed by atoms with van der Waals surface area (Å²) in [5, 5.41) is 7.65. The van der Waals surface area contributed by atoms with Crippen molar-refractivity contribution in [2.45, 2.75) is 0 Å². The molecule has 1 atom stereocenters.